The van der Waals surface area contributed by atoms with Crippen molar-refractivity contribution in [3.05, 3.63) is 35.1 Å². The summed E-state index contributed by atoms with van der Waals surface area (Å²) in [5.74, 6) is -0.564. The van der Waals surface area contributed by atoms with Crippen LogP contribution in [0.3, 0.4) is 0 Å². The Morgan fingerprint density at radius 2 is 2.05 bits per heavy atom. The second-order valence-corrected chi connectivity index (χ2v) is 4.08. The quantitative estimate of drug-likeness (QED) is 0.881. The number of furan rings is 1. The molecule has 0 aliphatic rings. The van der Waals surface area contributed by atoms with Gasteiger partial charge in [0.15, 0.2) is 0 Å². The van der Waals surface area contributed by atoms with Gasteiger partial charge in [-0.25, -0.2) is 4.79 Å². The summed E-state index contributed by atoms with van der Waals surface area (Å²) in [6.45, 7) is 1.65. The molecular weight excluding hydrogens is 275 g/mol. The molecule has 0 saturated heterocycles. The maximum absolute atomic E-state index is 12.8. The monoisotopic (exact) mass is 287 g/mol. The summed E-state index contributed by atoms with van der Waals surface area (Å²) in [5.41, 5.74) is 4.26. The minimum absolute atomic E-state index is 0.0261. The molecule has 0 bridgehead atoms. The van der Waals surface area contributed by atoms with E-state index in [2.05, 4.69) is 0 Å². The summed E-state index contributed by atoms with van der Waals surface area (Å²) in [4.78, 5) is 11.8. The van der Waals surface area contributed by atoms with Gasteiger partial charge in [0.25, 0.3) is 0 Å². The van der Waals surface area contributed by atoms with Crippen LogP contribution in [0.1, 0.15) is 28.6 Å². The molecule has 4 nitrogen and oxygen atoms in total. The molecule has 0 aliphatic carbocycles. The number of halogens is 3. The SMILES string of the molecule is CCOC(=O)c1cc(C(F)(F)F)cc2cc(CN)oc12. The van der Waals surface area contributed by atoms with Crippen LogP contribution in [0.5, 0.6) is 0 Å². The Morgan fingerprint density at radius 1 is 1.35 bits per heavy atom. The molecule has 2 rings (SSSR count). The van der Waals surface area contributed by atoms with E-state index in [9.17, 15) is 18.0 Å². The number of carbonyl (C=O) groups is 1. The van der Waals surface area contributed by atoms with E-state index >= 15 is 0 Å². The molecule has 0 fully saturated rings. The second-order valence-electron chi connectivity index (χ2n) is 4.08. The van der Waals surface area contributed by atoms with Gasteiger partial charge in [-0.15, -0.1) is 0 Å². The van der Waals surface area contributed by atoms with E-state index < -0.39 is 17.7 Å². The molecule has 0 amide bonds. The largest absolute Gasteiger partial charge is 0.462 e. The molecule has 20 heavy (non-hydrogen) atoms. The normalized spacial score (nSPS) is 11.8. The Kier molecular flexibility index (Phi) is 3.71. The molecule has 1 aromatic carbocycles. The lowest BCUT2D eigenvalue weighted by Gasteiger charge is -2.09. The molecule has 0 saturated carbocycles. The van der Waals surface area contributed by atoms with E-state index in [-0.39, 0.29) is 29.7 Å². The van der Waals surface area contributed by atoms with Crippen molar-refractivity contribution in [3.63, 3.8) is 0 Å². The molecule has 0 aliphatic heterocycles. The van der Waals surface area contributed by atoms with E-state index in [1.807, 2.05) is 0 Å². The molecule has 1 heterocycles. The van der Waals surface area contributed by atoms with Gasteiger partial charge in [-0.3, -0.25) is 0 Å². The Bertz CT molecular complexity index is 646. The van der Waals surface area contributed by atoms with Crippen LogP contribution in [-0.4, -0.2) is 12.6 Å². The van der Waals surface area contributed by atoms with E-state index in [0.29, 0.717) is 5.76 Å². The number of fused-ring (bicyclic) bond motifs is 1. The maximum atomic E-state index is 12.8. The Morgan fingerprint density at radius 3 is 2.60 bits per heavy atom. The molecule has 0 radical (unpaired) electrons. The average molecular weight is 287 g/mol. The van der Waals surface area contributed by atoms with E-state index in [1.165, 1.54) is 6.07 Å². The van der Waals surface area contributed by atoms with Gasteiger partial charge in [-0.05, 0) is 25.1 Å². The minimum Gasteiger partial charge on any atom is -0.462 e. The van der Waals surface area contributed by atoms with Crippen LogP contribution in [0.25, 0.3) is 11.0 Å². The van der Waals surface area contributed by atoms with Crippen LogP contribution < -0.4 is 5.73 Å². The summed E-state index contributed by atoms with van der Waals surface area (Å²) in [7, 11) is 0. The Hall–Kier alpha value is -2.02. The first-order valence-corrected chi connectivity index (χ1v) is 5.87. The van der Waals surface area contributed by atoms with Crippen molar-refractivity contribution in [1.29, 1.82) is 0 Å². The highest BCUT2D eigenvalue weighted by atomic mass is 19.4. The van der Waals surface area contributed by atoms with Crippen LogP contribution in [0.2, 0.25) is 0 Å². The summed E-state index contributed by atoms with van der Waals surface area (Å²) < 4.78 is 48.5. The highest BCUT2D eigenvalue weighted by molar-refractivity contribution is 6.02. The van der Waals surface area contributed by atoms with Gasteiger partial charge >= 0.3 is 12.1 Å². The molecule has 0 unspecified atom stereocenters. The lowest BCUT2D eigenvalue weighted by atomic mass is 10.1. The van der Waals surface area contributed by atoms with Crippen LogP contribution in [0.15, 0.2) is 22.6 Å². The topological polar surface area (TPSA) is 65.5 Å². The third-order valence-electron chi connectivity index (χ3n) is 2.69. The van der Waals surface area contributed by atoms with Crippen molar-refractivity contribution in [2.45, 2.75) is 19.6 Å². The van der Waals surface area contributed by atoms with E-state index in [4.69, 9.17) is 14.9 Å². The average Bonchev–Trinajstić information content (AvgIpc) is 2.79. The summed E-state index contributed by atoms with van der Waals surface area (Å²) in [5, 5.41) is 0.170. The zero-order valence-electron chi connectivity index (χ0n) is 10.6. The van der Waals surface area contributed by atoms with Crippen molar-refractivity contribution in [1.82, 2.24) is 0 Å². The zero-order valence-corrected chi connectivity index (χ0v) is 10.6. The van der Waals surface area contributed by atoms with Crippen LogP contribution in [0, 0.1) is 0 Å². The predicted molar refractivity (Wildman–Crippen MR) is 65.1 cm³/mol. The molecular formula is C13H12F3NO3. The molecule has 108 valence electrons. The minimum atomic E-state index is -4.56. The van der Waals surface area contributed by atoms with Gasteiger partial charge in [0.05, 0.1) is 18.7 Å². The summed E-state index contributed by atoms with van der Waals surface area (Å²) in [6.07, 6.45) is -4.56. The molecule has 1 aromatic heterocycles. The van der Waals surface area contributed by atoms with Crippen molar-refractivity contribution in [2.75, 3.05) is 6.61 Å². The highest BCUT2D eigenvalue weighted by Crippen LogP contribution is 2.34. The number of benzene rings is 1. The van der Waals surface area contributed by atoms with Crippen LogP contribution in [0.4, 0.5) is 13.2 Å². The van der Waals surface area contributed by atoms with Crippen LogP contribution in [-0.2, 0) is 17.5 Å². The standard InChI is InChI=1S/C13H12F3NO3/c1-2-19-12(18)10-5-8(13(14,15)16)3-7-4-9(6-17)20-11(7)10/h3-5H,2,6,17H2,1H3. The number of ether oxygens (including phenoxy) is 1. The first-order chi connectivity index (χ1) is 9.36. The smallest absolute Gasteiger partial charge is 0.416 e. The molecule has 7 heteroatoms. The maximum Gasteiger partial charge on any atom is 0.416 e. The van der Waals surface area contributed by atoms with E-state index in [1.54, 1.807) is 6.92 Å². The molecule has 2 aromatic rings. The number of hydrogen-bond acceptors (Lipinski definition) is 4. The van der Waals surface area contributed by atoms with Crippen molar-refractivity contribution in [2.24, 2.45) is 5.73 Å². The first-order valence-electron chi connectivity index (χ1n) is 5.87. The molecule has 0 spiro atoms. The number of rotatable bonds is 3. The third kappa shape index (κ3) is 2.62. The van der Waals surface area contributed by atoms with Gasteiger partial charge in [0.2, 0.25) is 0 Å². The van der Waals surface area contributed by atoms with Crippen molar-refractivity contribution in [3.8, 4) is 0 Å². The van der Waals surface area contributed by atoms with Crippen molar-refractivity contribution < 1.29 is 27.1 Å². The molecule has 0 atom stereocenters. The number of nitrogens with two attached hydrogens (primary N) is 1. The Balaban J connectivity index is 2.67. The predicted octanol–water partition coefficient (Wildman–Crippen LogP) is 3.09. The fourth-order valence-electron chi connectivity index (χ4n) is 1.83. The van der Waals surface area contributed by atoms with Crippen LogP contribution >= 0.6 is 0 Å². The fraction of sp³-hybridized carbons (Fsp3) is 0.308. The van der Waals surface area contributed by atoms with Gasteiger partial charge in [-0.1, -0.05) is 0 Å². The number of esters is 1. The lowest BCUT2D eigenvalue weighted by Crippen LogP contribution is -2.10. The number of carbonyl (C=O) groups excluding carboxylic acids is 1. The number of alkyl halides is 3. The summed E-state index contributed by atoms with van der Waals surface area (Å²) in [6, 6.07) is 3.03. The van der Waals surface area contributed by atoms with Gasteiger partial charge in [0, 0.05) is 5.39 Å². The van der Waals surface area contributed by atoms with Gasteiger partial charge < -0.3 is 14.9 Å². The summed E-state index contributed by atoms with van der Waals surface area (Å²) >= 11 is 0. The highest BCUT2D eigenvalue weighted by Gasteiger charge is 2.33. The second kappa shape index (κ2) is 5.16. The lowest BCUT2D eigenvalue weighted by molar-refractivity contribution is -0.137. The Labute approximate surface area is 112 Å². The van der Waals surface area contributed by atoms with E-state index in [0.717, 1.165) is 12.1 Å². The fourth-order valence-corrected chi connectivity index (χ4v) is 1.83. The van der Waals surface area contributed by atoms with Gasteiger partial charge in [0.1, 0.15) is 16.9 Å². The first kappa shape index (κ1) is 14.4. The molecule has 2 N–H and O–H groups in total. The van der Waals surface area contributed by atoms with Gasteiger partial charge in [-0.2, -0.15) is 13.2 Å². The third-order valence-corrected chi connectivity index (χ3v) is 2.69. The zero-order chi connectivity index (χ0) is 14.9. The number of hydrogen-bond donors (Lipinski definition) is 1. The van der Waals surface area contributed by atoms with Crippen molar-refractivity contribution >= 4 is 16.9 Å².